The van der Waals surface area contributed by atoms with Crippen LogP contribution in [0.15, 0.2) is 23.5 Å². The van der Waals surface area contributed by atoms with Crippen LogP contribution in [0.4, 0.5) is 0 Å². The summed E-state index contributed by atoms with van der Waals surface area (Å²) in [5.74, 6) is 1.60. The quantitative estimate of drug-likeness (QED) is 0.758. The molecule has 0 aromatic heterocycles. The average molecular weight is 330 g/mol. The van der Waals surface area contributed by atoms with E-state index in [9.17, 15) is 15.0 Å². The van der Waals surface area contributed by atoms with Crippen molar-refractivity contribution in [2.24, 2.45) is 34.5 Å². The molecule has 1 unspecified atom stereocenters. The van der Waals surface area contributed by atoms with Crippen LogP contribution in [-0.2, 0) is 4.79 Å². The zero-order valence-electron chi connectivity index (χ0n) is 15.1. The Balaban J connectivity index is 1.75. The number of hydrogen-bond donors (Lipinski definition) is 2. The highest BCUT2D eigenvalue weighted by molar-refractivity contribution is 6.04. The van der Waals surface area contributed by atoms with E-state index in [4.69, 9.17) is 0 Å². The monoisotopic (exact) mass is 330 g/mol. The lowest BCUT2D eigenvalue weighted by Crippen LogP contribution is -2.56. The summed E-state index contributed by atoms with van der Waals surface area (Å²) < 4.78 is 0. The van der Waals surface area contributed by atoms with Crippen molar-refractivity contribution < 1.29 is 15.0 Å². The van der Waals surface area contributed by atoms with Gasteiger partial charge in [-0.2, -0.15) is 0 Å². The third kappa shape index (κ3) is 1.97. The second-order valence-electron chi connectivity index (χ2n) is 9.14. The molecule has 0 radical (unpaired) electrons. The second-order valence-corrected chi connectivity index (χ2v) is 9.14. The smallest absolute Gasteiger partial charge is 0.219 e. The lowest BCUT2D eigenvalue weighted by atomic mass is 9.46. The molecular formula is C21H30O3. The number of allylic oxidation sites excluding steroid dienone is 3. The third-order valence-corrected chi connectivity index (χ3v) is 8.27. The van der Waals surface area contributed by atoms with Gasteiger partial charge >= 0.3 is 0 Å². The lowest BCUT2D eigenvalue weighted by molar-refractivity contribution is -0.121. The van der Waals surface area contributed by atoms with Crippen LogP contribution in [0.3, 0.4) is 0 Å². The molecule has 0 bridgehead atoms. The Kier molecular flexibility index (Phi) is 3.55. The number of fused-ring (bicyclic) bond motifs is 5. The van der Waals surface area contributed by atoms with Gasteiger partial charge in [0.2, 0.25) is 5.78 Å². The van der Waals surface area contributed by atoms with Crippen molar-refractivity contribution in [3.8, 4) is 0 Å². The molecule has 0 aromatic rings. The first-order chi connectivity index (χ1) is 11.3. The molecular weight excluding hydrogens is 300 g/mol. The first-order valence-corrected chi connectivity index (χ1v) is 9.66. The predicted octanol–water partition coefficient (Wildman–Crippen LogP) is 4.18. The van der Waals surface area contributed by atoms with Crippen molar-refractivity contribution in [3.63, 3.8) is 0 Å². The van der Waals surface area contributed by atoms with E-state index in [1.165, 1.54) is 19.3 Å². The van der Waals surface area contributed by atoms with Crippen molar-refractivity contribution in [1.29, 1.82) is 0 Å². The molecule has 0 heterocycles. The highest BCUT2D eigenvalue weighted by Gasteiger charge is 2.61. The van der Waals surface area contributed by atoms with Gasteiger partial charge in [-0.1, -0.05) is 32.8 Å². The predicted molar refractivity (Wildman–Crippen MR) is 93.4 cm³/mol. The van der Waals surface area contributed by atoms with Crippen LogP contribution in [0, 0.1) is 34.5 Å². The van der Waals surface area contributed by atoms with Crippen LogP contribution in [0.25, 0.3) is 0 Å². The molecule has 3 heteroatoms. The number of hydrogen-bond acceptors (Lipinski definition) is 3. The van der Waals surface area contributed by atoms with Gasteiger partial charge in [0.1, 0.15) is 0 Å². The molecule has 132 valence electrons. The Morgan fingerprint density at radius 2 is 2.00 bits per heavy atom. The number of aliphatic hydroxyl groups excluding tert-OH is 2. The Morgan fingerprint density at radius 3 is 2.71 bits per heavy atom. The molecule has 2 N–H and O–H groups in total. The second kappa shape index (κ2) is 5.20. The van der Waals surface area contributed by atoms with E-state index < -0.39 is 0 Å². The molecule has 4 aliphatic carbocycles. The van der Waals surface area contributed by atoms with Crippen molar-refractivity contribution in [3.05, 3.63) is 23.5 Å². The highest BCUT2D eigenvalue weighted by atomic mass is 16.3. The fourth-order valence-electron chi connectivity index (χ4n) is 7.18. The Hall–Kier alpha value is -1.09. The lowest BCUT2D eigenvalue weighted by Gasteiger charge is -2.58. The van der Waals surface area contributed by atoms with Crippen LogP contribution >= 0.6 is 0 Å². The summed E-state index contributed by atoms with van der Waals surface area (Å²) in [6, 6.07) is 0. The van der Waals surface area contributed by atoms with Crippen LogP contribution in [0.5, 0.6) is 0 Å². The summed E-state index contributed by atoms with van der Waals surface area (Å²) in [4.78, 5) is 11.9. The summed E-state index contributed by atoms with van der Waals surface area (Å²) in [5.41, 5.74) is 0.994. The highest BCUT2D eigenvalue weighted by Crippen LogP contribution is 2.66. The number of carbonyl (C=O) groups is 1. The minimum Gasteiger partial charge on any atom is -0.504 e. The molecule has 0 amide bonds. The van der Waals surface area contributed by atoms with Gasteiger partial charge in [0.15, 0.2) is 5.76 Å². The van der Waals surface area contributed by atoms with Gasteiger partial charge in [-0.05, 0) is 67.4 Å². The van der Waals surface area contributed by atoms with E-state index in [0.717, 1.165) is 30.8 Å². The Bertz CT molecular complexity index is 633. The van der Waals surface area contributed by atoms with E-state index in [1.807, 2.05) is 0 Å². The largest absolute Gasteiger partial charge is 0.504 e. The van der Waals surface area contributed by atoms with E-state index in [2.05, 4.69) is 20.8 Å². The van der Waals surface area contributed by atoms with Gasteiger partial charge in [-0.25, -0.2) is 0 Å². The molecule has 3 nitrogen and oxygen atoms in total. The first-order valence-electron chi connectivity index (χ1n) is 9.66. The van der Waals surface area contributed by atoms with Crippen LogP contribution in [0.1, 0.15) is 59.3 Å². The summed E-state index contributed by atoms with van der Waals surface area (Å²) >= 11 is 0. The zero-order chi connectivity index (χ0) is 17.3. The van der Waals surface area contributed by atoms with E-state index >= 15 is 0 Å². The minimum atomic E-state index is -0.369. The van der Waals surface area contributed by atoms with Gasteiger partial charge in [0, 0.05) is 11.3 Å². The molecule has 3 saturated carbocycles. The van der Waals surface area contributed by atoms with Crippen molar-refractivity contribution in [2.75, 3.05) is 0 Å². The third-order valence-electron chi connectivity index (χ3n) is 8.27. The molecule has 4 aliphatic rings. The molecule has 4 rings (SSSR count). The maximum atomic E-state index is 11.9. The maximum absolute atomic E-state index is 11.9. The van der Waals surface area contributed by atoms with Crippen molar-refractivity contribution >= 4 is 5.78 Å². The standard InChI is InChI=1S/C21H30O3/c1-4-12-6-8-15-14-7-5-13-9-16(22)17(23)10-21(13,3)19(14)18(24)11-20(12,15)2/h9-10,12,14-15,18-19,23-24H,4-8,11H2,1-3H3/t12-,14-,15-,18?,19+,20+,21-/m0/s1. The number of aliphatic hydroxyl groups is 2. The number of rotatable bonds is 1. The van der Waals surface area contributed by atoms with Gasteiger partial charge in [-0.3, -0.25) is 4.79 Å². The molecule has 24 heavy (non-hydrogen) atoms. The van der Waals surface area contributed by atoms with Crippen molar-refractivity contribution in [1.82, 2.24) is 0 Å². The van der Waals surface area contributed by atoms with Gasteiger partial charge in [0.05, 0.1) is 6.10 Å². The van der Waals surface area contributed by atoms with Crippen LogP contribution < -0.4 is 0 Å². The van der Waals surface area contributed by atoms with Crippen LogP contribution in [0.2, 0.25) is 0 Å². The zero-order valence-corrected chi connectivity index (χ0v) is 15.1. The topological polar surface area (TPSA) is 57.5 Å². The Labute approximate surface area is 144 Å². The molecule has 0 spiro atoms. The first kappa shape index (κ1) is 16.4. The maximum Gasteiger partial charge on any atom is 0.219 e. The summed E-state index contributed by atoms with van der Waals surface area (Å²) in [6.07, 6.45) is 9.64. The Morgan fingerprint density at radius 1 is 1.25 bits per heavy atom. The summed E-state index contributed by atoms with van der Waals surface area (Å²) in [7, 11) is 0. The van der Waals surface area contributed by atoms with Gasteiger partial charge in [-0.15, -0.1) is 0 Å². The van der Waals surface area contributed by atoms with E-state index in [1.54, 1.807) is 12.2 Å². The van der Waals surface area contributed by atoms with E-state index in [0.29, 0.717) is 11.8 Å². The molecule has 3 fully saturated rings. The molecule has 0 saturated heterocycles. The van der Waals surface area contributed by atoms with E-state index in [-0.39, 0.29) is 34.4 Å². The number of carbonyl (C=O) groups excluding carboxylic acids is 1. The minimum absolute atomic E-state index is 0.126. The SMILES string of the molecule is CC[C@H]1CC[C@H]2[C@@H]3CCC4=CC(=O)C(O)=C[C@]4(C)[C@H]3C(O)C[C@]12C. The molecule has 0 aromatic carbocycles. The van der Waals surface area contributed by atoms with Gasteiger partial charge in [0.25, 0.3) is 0 Å². The molecule has 7 atom stereocenters. The van der Waals surface area contributed by atoms with Crippen LogP contribution in [-0.4, -0.2) is 22.1 Å². The fourth-order valence-corrected chi connectivity index (χ4v) is 7.18. The normalized spacial score (nSPS) is 50.5. The molecule has 0 aliphatic heterocycles. The van der Waals surface area contributed by atoms with Gasteiger partial charge < -0.3 is 10.2 Å². The fraction of sp³-hybridized carbons (Fsp3) is 0.762. The van der Waals surface area contributed by atoms with Crippen molar-refractivity contribution in [2.45, 2.75) is 65.4 Å². The summed E-state index contributed by atoms with van der Waals surface area (Å²) in [5, 5.41) is 21.2. The number of ketones is 1. The average Bonchev–Trinajstić information content (AvgIpc) is 2.84. The summed E-state index contributed by atoms with van der Waals surface area (Å²) in [6.45, 7) is 6.81.